The van der Waals surface area contributed by atoms with Crippen LogP contribution in [0.15, 0.2) is 42.4 Å². The molecule has 0 unspecified atom stereocenters. The minimum atomic E-state index is -0.644. The van der Waals surface area contributed by atoms with Gasteiger partial charge in [0, 0.05) is 54.4 Å². The molecule has 38 heavy (non-hydrogen) atoms. The Morgan fingerprint density at radius 3 is 2.71 bits per heavy atom. The molecule has 3 rings (SSSR count). The van der Waals surface area contributed by atoms with Crippen LogP contribution in [-0.2, 0) is 0 Å². The van der Waals surface area contributed by atoms with E-state index in [0.29, 0.717) is 69.3 Å². The average molecular weight is 541 g/mol. The van der Waals surface area contributed by atoms with E-state index in [9.17, 15) is 9.65 Å². The van der Waals surface area contributed by atoms with E-state index in [0.717, 1.165) is 0 Å². The van der Waals surface area contributed by atoms with Gasteiger partial charge >= 0.3 is 0 Å². The summed E-state index contributed by atoms with van der Waals surface area (Å²) in [5.41, 5.74) is 10.1. The lowest BCUT2D eigenvalue weighted by molar-refractivity contribution is 0.259. The number of nitrogens with one attached hydrogen (secondary N) is 2. The highest BCUT2D eigenvalue weighted by Gasteiger charge is 2.21. The molecule has 0 spiro atoms. The van der Waals surface area contributed by atoms with E-state index in [-0.39, 0.29) is 12.0 Å². The number of nitriles is 1. The van der Waals surface area contributed by atoms with Crippen LogP contribution in [0, 0.1) is 29.6 Å². The number of nitrogens with zero attached hydrogens (tertiary/aromatic N) is 4. The molecule has 11 heteroatoms. The number of hydrazine groups is 1. The third-order valence-electron chi connectivity index (χ3n) is 5.78. The molecule has 202 valence electrons. The van der Waals surface area contributed by atoms with Crippen LogP contribution in [0.2, 0.25) is 5.02 Å². The van der Waals surface area contributed by atoms with Gasteiger partial charge in [-0.2, -0.15) is 9.65 Å². The maximum atomic E-state index is 13.8. The summed E-state index contributed by atoms with van der Waals surface area (Å²) in [6.07, 6.45) is 3.53. The Bertz CT molecular complexity index is 1370. The number of benzene rings is 1. The minimum absolute atomic E-state index is 0.00991. The first-order chi connectivity index (χ1) is 17.9. The topological polar surface area (TPSA) is 149 Å². The Morgan fingerprint density at radius 2 is 2.08 bits per heavy atom. The minimum Gasteiger partial charge on any atom is -0.399 e. The molecule has 2 aromatic heterocycles. The van der Waals surface area contributed by atoms with E-state index in [1.165, 1.54) is 17.3 Å². The quantitative estimate of drug-likeness (QED) is 0.141. The second-order valence-electron chi connectivity index (χ2n) is 10.3. The summed E-state index contributed by atoms with van der Waals surface area (Å²) in [6, 6.07) is 7.99. The number of aryl methyl sites for hydroxylation is 1. The molecule has 0 aliphatic heterocycles. The predicted molar refractivity (Wildman–Crippen MR) is 150 cm³/mol. The molecule has 0 fully saturated rings. The second-order valence-corrected chi connectivity index (χ2v) is 10.7. The number of rotatable bonds is 10. The summed E-state index contributed by atoms with van der Waals surface area (Å²) in [6.45, 7) is 8.97. The van der Waals surface area contributed by atoms with Gasteiger partial charge in [0.05, 0.1) is 33.5 Å². The van der Waals surface area contributed by atoms with Crippen molar-refractivity contribution >= 4 is 33.9 Å². The number of aliphatic hydroxyl groups is 1. The number of aromatic nitrogens is 2. The van der Waals surface area contributed by atoms with Crippen LogP contribution in [0.4, 0.5) is 15.8 Å². The highest BCUT2D eigenvalue weighted by Crippen LogP contribution is 2.36. The molecule has 0 radical (unpaired) electrons. The molecule has 0 amide bonds. The highest BCUT2D eigenvalue weighted by molar-refractivity contribution is 6.35. The van der Waals surface area contributed by atoms with Crippen molar-refractivity contribution in [1.29, 1.82) is 5.26 Å². The van der Waals surface area contributed by atoms with E-state index in [1.54, 1.807) is 25.3 Å². The fraction of sp³-hybridized carbons (Fsp3) is 0.370. The molecular formula is C27H34ClFN8O. The molecule has 1 atom stereocenters. The van der Waals surface area contributed by atoms with Gasteiger partial charge in [0.2, 0.25) is 5.95 Å². The van der Waals surface area contributed by atoms with Gasteiger partial charge in [-0.15, -0.1) is 0 Å². The maximum Gasteiger partial charge on any atom is 0.213 e. The summed E-state index contributed by atoms with van der Waals surface area (Å²) < 4.78 is 13.8. The van der Waals surface area contributed by atoms with Gasteiger partial charge in [-0.25, -0.2) is 10.8 Å². The summed E-state index contributed by atoms with van der Waals surface area (Å²) in [7, 11) is 0. The fourth-order valence-corrected chi connectivity index (χ4v) is 4.18. The number of halogens is 2. The van der Waals surface area contributed by atoms with E-state index in [4.69, 9.17) is 28.3 Å². The fourth-order valence-electron chi connectivity index (χ4n) is 3.91. The number of fused-ring (bicyclic) bond motifs is 1. The second kappa shape index (κ2) is 12.3. The molecule has 3 aromatic rings. The molecule has 0 saturated heterocycles. The van der Waals surface area contributed by atoms with E-state index in [2.05, 4.69) is 47.4 Å². The molecule has 0 bridgehead atoms. The normalized spacial score (nSPS) is 12.8. The molecule has 0 saturated carbocycles. The lowest BCUT2D eigenvalue weighted by Gasteiger charge is -2.25. The van der Waals surface area contributed by atoms with Crippen molar-refractivity contribution in [3.63, 3.8) is 0 Å². The Kier molecular flexibility index (Phi) is 9.33. The van der Waals surface area contributed by atoms with Crippen molar-refractivity contribution in [3.8, 4) is 6.07 Å². The van der Waals surface area contributed by atoms with Gasteiger partial charge < -0.3 is 26.5 Å². The third-order valence-corrected chi connectivity index (χ3v) is 6.07. The average Bonchev–Trinajstić information content (AvgIpc) is 2.84. The van der Waals surface area contributed by atoms with Gasteiger partial charge in [0.25, 0.3) is 0 Å². The zero-order valence-corrected chi connectivity index (χ0v) is 22.8. The lowest BCUT2D eigenvalue weighted by atomic mass is 9.96. The van der Waals surface area contributed by atoms with Crippen LogP contribution in [-0.4, -0.2) is 39.8 Å². The van der Waals surface area contributed by atoms with Gasteiger partial charge in [-0.1, -0.05) is 38.4 Å². The molecule has 0 aliphatic rings. The van der Waals surface area contributed by atoms with Crippen LogP contribution in [0.1, 0.15) is 50.1 Å². The van der Waals surface area contributed by atoms with Crippen LogP contribution in [0.5, 0.6) is 0 Å². The van der Waals surface area contributed by atoms with Gasteiger partial charge in [0.1, 0.15) is 6.07 Å². The van der Waals surface area contributed by atoms with Crippen molar-refractivity contribution in [2.45, 2.75) is 40.2 Å². The summed E-state index contributed by atoms with van der Waals surface area (Å²) in [5.74, 6) is 5.44. The van der Waals surface area contributed by atoms with Gasteiger partial charge in [0.15, 0.2) is 0 Å². The van der Waals surface area contributed by atoms with E-state index in [1.807, 2.05) is 6.07 Å². The Balaban J connectivity index is 2.11. The zero-order valence-electron chi connectivity index (χ0n) is 22.0. The van der Waals surface area contributed by atoms with Crippen LogP contribution in [0.3, 0.4) is 0 Å². The lowest BCUT2D eigenvalue weighted by Crippen LogP contribution is -2.30. The number of pyridine rings is 2. The SMILES string of the molecule is Cc1nc(F)ccc1[C@H](Nc1cc(Cl)c2ncc(C#N)c(NCC(C)(C)C)c2c1)/C(N)=C/N(N)CCCO. The number of nitrogens with two attached hydrogens (primary N) is 2. The highest BCUT2D eigenvalue weighted by atomic mass is 35.5. The molecule has 7 N–H and O–H groups in total. The molecule has 2 heterocycles. The summed E-state index contributed by atoms with van der Waals surface area (Å²) in [4.78, 5) is 8.36. The number of aliphatic hydroxyl groups excluding tert-OH is 1. The first-order valence-electron chi connectivity index (χ1n) is 12.2. The number of anilines is 2. The first-order valence-corrected chi connectivity index (χ1v) is 12.6. The van der Waals surface area contributed by atoms with Crippen LogP contribution < -0.4 is 22.2 Å². The summed E-state index contributed by atoms with van der Waals surface area (Å²) >= 11 is 6.65. The summed E-state index contributed by atoms with van der Waals surface area (Å²) in [5, 5.41) is 28.1. The van der Waals surface area contributed by atoms with Crippen molar-refractivity contribution in [3.05, 3.63) is 70.2 Å². The Labute approximate surface area is 227 Å². The molecule has 0 aliphatic carbocycles. The van der Waals surface area contributed by atoms with Gasteiger partial charge in [-0.3, -0.25) is 4.98 Å². The molecule has 9 nitrogen and oxygen atoms in total. The largest absolute Gasteiger partial charge is 0.399 e. The predicted octanol–water partition coefficient (Wildman–Crippen LogP) is 4.57. The van der Waals surface area contributed by atoms with Crippen molar-refractivity contribution in [2.24, 2.45) is 17.0 Å². The van der Waals surface area contributed by atoms with Crippen molar-refractivity contribution in [1.82, 2.24) is 15.0 Å². The Hall–Kier alpha value is -3.65. The van der Waals surface area contributed by atoms with E-state index < -0.39 is 12.0 Å². The number of hydrogen-bond donors (Lipinski definition) is 5. The standard InChI is InChI=1S/C27H34ClFN8O/c1-16-19(6-7-23(29)35-16)26(22(31)14-37(32)8-5-9-38)36-18-10-20-24(34-15-27(2,3)4)17(12-30)13-33-25(20)21(28)11-18/h6-7,10-11,13-14,26,36,38H,5,8-9,15,31-32H2,1-4H3,(H,33,34)/b22-14-/t26-/m0/s1. The monoisotopic (exact) mass is 540 g/mol. The van der Waals surface area contributed by atoms with Crippen molar-refractivity contribution in [2.75, 3.05) is 30.3 Å². The first kappa shape index (κ1) is 28.9. The van der Waals surface area contributed by atoms with Crippen LogP contribution in [0.25, 0.3) is 10.9 Å². The third kappa shape index (κ3) is 7.22. The van der Waals surface area contributed by atoms with Gasteiger partial charge in [-0.05, 0) is 37.0 Å². The Morgan fingerprint density at radius 1 is 1.34 bits per heavy atom. The maximum absolute atomic E-state index is 13.8. The molecule has 1 aromatic carbocycles. The number of hydrogen-bond acceptors (Lipinski definition) is 9. The van der Waals surface area contributed by atoms with Crippen LogP contribution >= 0.6 is 11.6 Å². The zero-order chi connectivity index (χ0) is 28.0. The smallest absolute Gasteiger partial charge is 0.213 e. The van der Waals surface area contributed by atoms with E-state index >= 15 is 0 Å². The van der Waals surface area contributed by atoms with Crippen molar-refractivity contribution < 1.29 is 9.50 Å². The molecular weight excluding hydrogens is 507 g/mol.